The van der Waals surface area contributed by atoms with E-state index in [1.807, 2.05) is 26.8 Å². The summed E-state index contributed by atoms with van der Waals surface area (Å²) in [6.45, 7) is 10.2. The third kappa shape index (κ3) is 6.71. The minimum Gasteiger partial charge on any atom is -0.491 e. The molecule has 0 radical (unpaired) electrons. The molecule has 0 fully saturated rings. The topological polar surface area (TPSA) is 105 Å². The second-order valence-corrected chi connectivity index (χ2v) is 7.90. The van der Waals surface area contributed by atoms with Crippen molar-refractivity contribution >= 4 is 5.97 Å². The van der Waals surface area contributed by atoms with Gasteiger partial charge in [-0.2, -0.15) is 0 Å². The number of allylic oxidation sites excluding steroid dienone is 1. The Bertz CT molecular complexity index is 502. The van der Waals surface area contributed by atoms with Crippen molar-refractivity contribution in [1.82, 2.24) is 5.32 Å². The van der Waals surface area contributed by atoms with Gasteiger partial charge in [0.15, 0.2) is 5.60 Å². The number of aliphatic hydroxyl groups is 1. The fraction of sp³-hybridized carbons (Fsp3) is 0.737. The van der Waals surface area contributed by atoms with Crippen molar-refractivity contribution in [2.24, 2.45) is 17.6 Å². The molecule has 0 aromatic heterocycles. The highest BCUT2D eigenvalue weighted by molar-refractivity contribution is 5.78. The van der Waals surface area contributed by atoms with Crippen LogP contribution < -0.4 is 11.1 Å². The monoisotopic (exact) mass is 354 g/mol. The molecule has 4 atom stereocenters. The van der Waals surface area contributed by atoms with Crippen LogP contribution >= 0.6 is 0 Å². The molecule has 1 rings (SSSR count). The molecule has 0 spiro atoms. The minimum atomic E-state index is -1.99. The molecule has 0 aromatic rings. The van der Waals surface area contributed by atoms with Crippen LogP contribution in [-0.2, 0) is 9.53 Å². The van der Waals surface area contributed by atoms with Crippen molar-refractivity contribution < 1.29 is 19.7 Å². The van der Waals surface area contributed by atoms with Gasteiger partial charge < -0.3 is 26.0 Å². The van der Waals surface area contributed by atoms with Gasteiger partial charge in [0.2, 0.25) is 0 Å². The maximum absolute atomic E-state index is 11.7. The highest BCUT2D eigenvalue weighted by Crippen LogP contribution is 2.25. The largest absolute Gasteiger partial charge is 0.491 e. The second kappa shape index (κ2) is 9.25. The number of nitrogens with one attached hydrogen (secondary N) is 1. The second-order valence-electron chi connectivity index (χ2n) is 7.90. The lowest BCUT2D eigenvalue weighted by atomic mass is 9.83. The van der Waals surface area contributed by atoms with E-state index in [-0.39, 0.29) is 24.5 Å². The summed E-state index contributed by atoms with van der Waals surface area (Å²) in [7, 11) is 0. The molecule has 5 N–H and O–H groups in total. The Morgan fingerprint density at radius 1 is 1.28 bits per heavy atom. The Kier molecular flexibility index (Phi) is 7.96. The van der Waals surface area contributed by atoms with Crippen LogP contribution in [0.5, 0.6) is 0 Å². The van der Waals surface area contributed by atoms with Crippen molar-refractivity contribution in [2.45, 2.75) is 77.7 Å². The van der Waals surface area contributed by atoms with Crippen LogP contribution in [0.25, 0.3) is 0 Å². The molecule has 0 amide bonds. The van der Waals surface area contributed by atoms with E-state index in [1.54, 1.807) is 12.3 Å². The maximum atomic E-state index is 11.7. The highest BCUT2D eigenvalue weighted by Gasteiger charge is 2.44. The van der Waals surface area contributed by atoms with E-state index in [4.69, 9.17) is 10.5 Å². The van der Waals surface area contributed by atoms with Crippen LogP contribution in [0.15, 0.2) is 24.1 Å². The lowest BCUT2D eigenvalue weighted by molar-refractivity contribution is -0.162. The van der Waals surface area contributed by atoms with Gasteiger partial charge >= 0.3 is 5.97 Å². The molecule has 0 bridgehead atoms. The van der Waals surface area contributed by atoms with E-state index in [2.05, 4.69) is 19.2 Å². The van der Waals surface area contributed by atoms with Crippen molar-refractivity contribution in [3.05, 3.63) is 24.1 Å². The van der Waals surface area contributed by atoms with Crippen molar-refractivity contribution in [2.75, 3.05) is 0 Å². The third-order valence-corrected chi connectivity index (χ3v) is 4.30. The molecule has 1 aliphatic rings. The van der Waals surface area contributed by atoms with Gasteiger partial charge in [-0.15, -0.1) is 0 Å². The first-order valence-corrected chi connectivity index (χ1v) is 9.07. The van der Waals surface area contributed by atoms with E-state index in [1.165, 1.54) is 0 Å². The number of carboxylic acid groups (broad SMARTS) is 1. The average molecular weight is 354 g/mol. The highest BCUT2D eigenvalue weighted by atomic mass is 16.5. The smallest absolute Gasteiger partial charge is 0.337 e. The van der Waals surface area contributed by atoms with Crippen LogP contribution in [0, 0.1) is 11.8 Å². The normalized spacial score (nSPS) is 22.1. The van der Waals surface area contributed by atoms with Gasteiger partial charge in [0.25, 0.3) is 0 Å². The van der Waals surface area contributed by atoms with E-state index in [9.17, 15) is 15.0 Å². The number of nitrogens with two attached hydrogens (primary N) is 1. The van der Waals surface area contributed by atoms with E-state index in [0.29, 0.717) is 18.1 Å². The number of carbonyl (C=O) groups is 1. The van der Waals surface area contributed by atoms with E-state index < -0.39 is 17.6 Å². The number of aliphatic carboxylic acids is 1. The fourth-order valence-electron chi connectivity index (χ4n) is 3.13. The first-order valence-electron chi connectivity index (χ1n) is 9.07. The molecule has 0 saturated heterocycles. The van der Waals surface area contributed by atoms with E-state index >= 15 is 0 Å². The standard InChI is InChI=1S/C19H34N2O4/c1-12(2)8-14(5)25-16-6-7-21-15(10-16)11-19(24,18(22)23)17(20)9-13(3)4/h6-7,10,12-15,17,21,24H,8-9,11,20H2,1-5H3,(H,22,23)/t14-,15?,17+,19-/m1/s1. The van der Waals surface area contributed by atoms with Crippen molar-refractivity contribution in [1.29, 1.82) is 0 Å². The van der Waals surface area contributed by atoms with Crippen LogP contribution in [0.3, 0.4) is 0 Å². The number of carboxylic acids is 1. The molecule has 0 aromatic carbocycles. The van der Waals surface area contributed by atoms with Gasteiger partial charge in [-0.25, -0.2) is 4.79 Å². The Morgan fingerprint density at radius 2 is 1.88 bits per heavy atom. The lowest BCUT2D eigenvalue weighted by Gasteiger charge is -2.34. The quantitative estimate of drug-likeness (QED) is 0.480. The Hall–Kier alpha value is -1.53. The molecule has 144 valence electrons. The summed E-state index contributed by atoms with van der Waals surface area (Å²) in [6, 6.07) is -1.19. The van der Waals surface area contributed by atoms with Gasteiger partial charge in [0, 0.05) is 18.7 Å². The van der Waals surface area contributed by atoms with Crippen molar-refractivity contribution in [3.63, 3.8) is 0 Å². The summed E-state index contributed by atoms with van der Waals surface area (Å²) >= 11 is 0. The Balaban J connectivity index is 2.81. The molecule has 1 aliphatic heterocycles. The minimum absolute atomic E-state index is 0.0218. The van der Waals surface area contributed by atoms with E-state index in [0.717, 1.165) is 6.42 Å². The van der Waals surface area contributed by atoms with Gasteiger partial charge in [0.05, 0.1) is 12.1 Å². The molecular formula is C19H34N2O4. The van der Waals surface area contributed by atoms with Crippen LogP contribution in [0.1, 0.15) is 53.9 Å². The molecule has 1 heterocycles. The van der Waals surface area contributed by atoms with Gasteiger partial charge in [-0.05, 0) is 43.8 Å². The third-order valence-electron chi connectivity index (χ3n) is 4.30. The predicted molar refractivity (Wildman–Crippen MR) is 98.8 cm³/mol. The summed E-state index contributed by atoms with van der Waals surface area (Å²) in [5.41, 5.74) is 4.03. The molecule has 6 nitrogen and oxygen atoms in total. The summed E-state index contributed by atoms with van der Waals surface area (Å²) < 4.78 is 5.91. The summed E-state index contributed by atoms with van der Waals surface area (Å²) in [4.78, 5) is 11.7. The molecule has 0 aliphatic carbocycles. The zero-order chi connectivity index (χ0) is 19.2. The number of ether oxygens (including phenoxy) is 1. The molecule has 0 saturated carbocycles. The predicted octanol–water partition coefficient (Wildman–Crippen LogP) is 2.39. The van der Waals surface area contributed by atoms with Crippen LogP contribution in [0.2, 0.25) is 0 Å². The van der Waals surface area contributed by atoms with Crippen LogP contribution in [-0.4, -0.2) is 40.0 Å². The fourth-order valence-corrected chi connectivity index (χ4v) is 3.13. The Morgan fingerprint density at radius 3 is 2.40 bits per heavy atom. The average Bonchev–Trinajstić information content (AvgIpc) is 2.45. The SMILES string of the molecule is CC(C)C[C@@H](C)OC1=CC(C[C@](O)(C(=O)O)[C@@H](N)CC(C)C)NC=C1. The Labute approximate surface area is 151 Å². The van der Waals surface area contributed by atoms with Gasteiger partial charge in [0.1, 0.15) is 5.76 Å². The summed E-state index contributed by atoms with van der Waals surface area (Å²) in [6.07, 6.45) is 6.75. The van der Waals surface area contributed by atoms with Crippen molar-refractivity contribution in [3.8, 4) is 0 Å². The first kappa shape index (κ1) is 21.5. The van der Waals surface area contributed by atoms with Crippen LogP contribution in [0.4, 0.5) is 0 Å². The summed E-state index contributed by atoms with van der Waals surface area (Å²) in [5.74, 6) is 0.123. The number of dihydropyridines is 1. The number of hydrogen-bond donors (Lipinski definition) is 4. The molecule has 6 heteroatoms. The van der Waals surface area contributed by atoms with Gasteiger partial charge in [-0.1, -0.05) is 27.7 Å². The zero-order valence-corrected chi connectivity index (χ0v) is 16.0. The first-order chi connectivity index (χ1) is 11.5. The molecule has 25 heavy (non-hydrogen) atoms. The zero-order valence-electron chi connectivity index (χ0n) is 16.0. The molecule has 1 unspecified atom stereocenters. The maximum Gasteiger partial charge on any atom is 0.337 e. The summed E-state index contributed by atoms with van der Waals surface area (Å²) in [5, 5.41) is 23.3. The van der Waals surface area contributed by atoms with Gasteiger partial charge in [-0.3, -0.25) is 0 Å². The molecular weight excluding hydrogens is 320 g/mol. The number of hydrogen-bond acceptors (Lipinski definition) is 5. The number of rotatable bonds is 10. The lowest BCUT2D eigenvalue weighted by Crippen LogP contribution is -2.57.